The molecule has 1 aromatic heterocycles. The summed E-state index contributed by atoms with van der Waals surface area (Å²) >= 11 is 1.44. The molecular weight excluding hydrogens is 324 g/mol. The molecule has 0 N–H and O–H groups in total. The highest BCUT2D eigenvalue weighted by Crippen LogP contribution is 2.37. The molecule has 2 saturated heterocycles. The van der Waals surface area contributed by atoms with Gasteiger partial charge in [-0.05, 0) is 18.4 Å². The molecule has 2 aliphatic rings. The molecule has 5 nitrogen and oxygen atoms in total. The van der Waals surface area contributed by atoms with Crippen molar-refractivity contribution in [3.8, 4) is 0 Å². The maximum Gasteiger partial charge on any atom is 0.273 e. The van der Waals surface area contributed by atoms with Crippen LogP contribution in [0.2, 0.25) is 0 Å². The molecule has 2 aromatic rings. The Hall–Kier alpha value is -1.76. The lowest BCUT2D eigenvalue weighted by atomic mass is 9.96. The summed E-state index contributed by atoms with van der Waals surface area (Å²) in [5, 5.41) is 1.79. The first-order valence-corrected chi connectivity index (χ1v) is 9.18. The van der Waals surface area contributed by atoms with Gasteiger partial charge >= 0.3 is 0 Å². The van der Waals surface area contributed by atoms with E-state index in [0.29, 0.717) is 25.4 Å². The molecule has 0 radical (unpaired) electrons. The Morgan fingerprint density at radius 1 is 1.42 bits per heavy atom. The Morgan fingerprint density at radius 2 is 2.29 bits per heavy atom. The molecule has 2 atom stereocenters. The third-order valence-corrected chi connectivity index (χ3v) is 5.38. The number of likely N-dealkylation sites (tertiary alicyclic amines) is 1. The maximum atomic E-state index is 12.6. The van der Waals surface area contributed by atoms with Gasteiger partial charge in [0.15, 0.2) is 0 Å². The molecular formula is C18H20N2O3S. The van der Waals surface area contributed by atoms with Crippen LogP contribution in [0.3, 0.4) is 0 Å². The number of nitrogens with zero attached hydrogens (tertiary/aromatic N) is 2. The zero-order valence-corrected chi connectivity index (χ0v) is 14.2. The number of carbonyl (C=O) groups excluding carboxylic acids is 1. The Kier molecular flexibility index (Phi) is 4.35. The van der Waals surface area contributed by atoms with Crippen LogP contribution in [0.4, 0.5) is 0 Å². The van der Waals surface area contributed by atoms with E-state index in [-0.39, 0.29) is 17.6 Å². The first kappa shape index (κ1) is 15.7. The van der Waals surface area contributed by atoms with E-state index in [0.717, 1.165) is 25.0 Å². The topological polar surface area (TPSA) is 51.7 Å². The fourth-order valence-electron chi connectivity index (χ4n) is 3.56. The van der Waals surface area contributed by atoms with Crippen molar-refractivity contribution >= 4 is 17.2 Å². The number of rotatable bonds is 4. The third-order valence-electron chi connectivity index (χ3n) is 4.80. The summed E-state index contributed by atoms with van der Waals surface area (Å²) < 4.78 is 12.3. The van der Waals surface area contributed by atoms with Gasteiger partial charge in [0.1, 0.15) is 17.4 Å². The van der Waals surface area contributed by atoms with Crippen molar-refractivity contribution < 1.29 is 14.3 Å². The number of hydrogen-bond acceptors (Lipinski definition) is 5. The first-order chi connectivity index (χ1) is 11.8. The minimum atomic E-state index is -0.361. The van der Waals surface area contributed by atoms with Crippen LogP contribution in [0.5, 0.6) is 0 Å². The van der Waals surface area contributed by atoms with Crippen molar-refractivity contribution in [3.05, 3.63) is 52.5 Å². The van der Waals surface area contributed by atoms with Crippen LogP contribution in [0, 0.1) is 0 Å². The molecule has 1 aromatic carbocycles. The minimum absolute atomic E-state index is 0.0306. The molecule has 2 fully saturated rings. The third kappa shape index (κ3) is 2.97. The molecule has 6 heteroatoms. The fraction of sp³-hybridized carbons (Fsp3) is 0.444. The largest absolute Gasteiger partial charge is 0.370 e. The van der Waals surface area contributed by atoms with Crippen LogP contribution < -0.4 is 0 Å². The summed E-state index contributed by atoms with van der Waals surface area (Å²) in [6, 6.07) is 10.1. The van der Waals surface area contributed by atoms with Crippen molar-refractivity contribution in [2.24, 2.45) is 0 Å². The zero-order chi connectivity index (χ0) is 16.4. The molecule has 4 rings (SSSR count). The highest BCUT2D eigenvalue weighted by molar-refractivity contribution is 7.07. The Morgan fingerprint density at radius 3 is 3.00 bits per heavy atom. The van der Waals surface area contributed by atoms with Crippen molar-refractivity contribution in [2.75, 3.05) is 19.7 Å². The number of ether oxygens (including phenoxy) is 2. The van der Waals surface area contributed by atoms with E-state index in [1.54, 1.807) is 10.9 Å². The van der Waals surface area contributed by atoms with Gasteiger partial charge in [-0.1, -0.05) is 30.3 Å². The minimum Gasteiger partial charge on any atom is -0.370 e. The van der Waals surface area contributed by atoms with Crippen LogP contribution >= 0.6 is 11.3 Å². The van der Waals surface area contributed by atoms with E-state index in [1.165, 1.54) is 11.3 Å². The maximum absolute atomic E-state index is 12.6. The second-order valence-electron chi connectivity index (χ2n) is 6.36. The summed E-state index contributed by atoms with van der Waals surface area (Å²) in [7, 11) is 0. The fourth-order valence-corrected chi connectivity index (χ4v) is 4.09. The van der Waals surface area contributed by atoms with Crippen molar-refractivity contribution in [1.29, 1.82) is 0 Å². The summed E-state index contributed by atoms with van der Waals surface area (Å²) in [6.07, 6.45) is 1.86. The smallest absolute Gasteiger partial charge is 0.273 e. The molecule has 126 valence electrons. The van der Waals surface area contributed by atoms with E-state index in [9.17, 15) is 4.79 Å². The van der Waals surface area contributed by atoms with Gasteiger partial charge in [0.2, 0.25) is 0 Å². The highest BCUT2D eigenvalue weighted by atomic mass is 32.1. The van der Waals surface area contributed by atoms with Crippen LogP contribution in [-0.2, 0) is 16.1 Å². The van der Waals surface area contributed by atoms with Crippen LogP contribution in [0.15, 0.2) is 41.2 Å². The lowest BCUT2D eigenvalue weighted by Gasteiger charge is -2.28. The molecule has 24 heavy (non-hydrogen) atoms. The second kappa shape index (κ2) is 6.63. The van der Waals surface area contributed by atoms with Gasteiger partial charge < -0.3 is 14.4 Å². The van der Waals surface area contributed by atoms with Gasteiger partial charge in [-0.3, -0.25) is 4.79 Å². The normalized spacial score (nSPS) is 26.3. The number of amides is 1. The lowest BCUT2D eigenvalue weighted by Crippen LogP contribution is -2.42. The van der Waals surface area contributed by atoms with Crippen LogP contribution in [0.1, 0.15) is 28.9 Å². The predicted octanol–water partition coefficient (Wildman–Crippen LogP) is 2.73. The number of hydrogen-bond donors (Lipinski definition) is 0. The van der Waals surface area contributed by atoms with Crippen LogP contribution in [-0.4, -0.2) is 47.2 Å². The molecule has 3 heterocycles. The SMILES string of the molecule is O=C(c1cscn1)N1C[C@H](OCc2ccccc2)[C@]2(CCCO2)C1. The number of thiazole rings is 1. The van der Waals surface area contributed by atoms with E-state index in [4.69, 9.17) is 9.47 Å². The highest BCUT2D eigenvalue weighted by Gasteiger charge is 2.52. The van der Waals surface area contributed by atoms with Crippen LogP contribution in [0.25, 0.3) is 0 Å². The zero-order valence-electron chi connectivity index (χ0n) is 13.4. The Balaban J connectivity index is 1.48. The summed E-state index contributed by atoms with van der Waals surface area (Å²) in [5.41, 5.74) is 2.97. The van der Waals surface area contributed by atoms with E-state index >= 15 is 0 Å². The van der Waals surface area contributed by atoms with E-state index < -0.39 is 0 Å². The average Bonchev–Trinajstić information content (AvgIpc) is 3.36. The van der Waals surface area contributed by atoms with Gasteiger partial charge in [0.05, 0.1) is 25.2 Å². The van der Waals surface area contributed by atoms with Crippen molar-refractivity contribution in [3.63, 3.8) is 0 Å². The molecule has 1 spiro atoms. The van der Waals surface area contributed by atoms with Gasteiger partial charge in [-0.15, -0.1) is 11.3 Å². The number of carbonyl (C=O) groups is 1. The van der Waals surface area contributed by atoms with Crippen molar-refractivity contribution in [2.45, 2.75) is 31.2 Å². The summed E-state index contributed by atoms with van der Waals surface area (Å²) in [6.45, 7) is 2.42. The van der Waals surface area contributed by atoms with Crippen molar-refractivity contribution in [1.82, 2.24) is 9.88 Å². The molecule has 1 amide bonds. The number of aromatic nitrogens is 1. The van der Waals surface area contributed by atoms with Gasteiger partial charge in [-0.25, -0.2) is 4.98 Å². The average molecular weight is 344 g/mol. The summed E-state index contributed by atoms with van der Waals surface area (Å²) in [4.78, 5) is 18.6. The first-order valence-electron chi connectivity index (χ1n) is 8.24. The Bertz CT molecular complexity index is 684. The Labute approximate surface area is 145 Å². The standard InChI is InChI=1S/C18H20N2O3S/c21-17(15-11-24-13-19-15)20-9-16(18(12-20)7-4-8-23-18)22-10-14-5-2-1-3-6-14/h1-3,5-6,11,13,16H,4,7-10,12H2/t16-,18-/m0/s1. The molecule has 2 aliphatic heterocycles. The second-order valence-corrected chi connectivity index (χ2v) is 7.08. The van der Waals surface area contributed by atoms with Gasteiger partial charge in [-0.2, -0.15) is 0 Å². The monoisotopic (exact) mass is 344 g/mol. The number of benzene rings is 1. The summed E-state index contributed by atoms with van der Waals surface area (Å²) in [5.74, 6) is -0.0306. The van der Waals surface area contributed by atoms with Gasteiger partial charge in [0, 0.05) is 12.0 Å². The van der Waals surface area contributed by atoms with Gasteiger partial charge in [0.25, 0.3) is 5.91 Å². The van der Waals surface area contributed by atoms with E-state index in [2.05, 4.69) is 17.1 Å². The molecule has 0 aliphatic carbocycles. The predicted molar refractivity (Wildman–Crippen MR) is 91.0 cm³/mol. The quantitative estimate of drug-likeness (QED) is 0.856. The molecule has 0 bridgehead atoms. The molecule has 0 saturated carbocycles. The van der Waals surface area contributed by atoms with E-state index in [1.807, 2.05) is 23.1 Å². The molecule has 0 unspecified atom stereocenters. The lowest BCUT2D eigenvalue weighted by molar-refractivity contribution is -0.0959.